The number of rotatable bonds is 4. The number of fused-ring (bicyclic) bond motifs is 1. The van der Waals surface area contributed by atoms with Crippen LogP contribution in [0.5, 0.6) is 0 Å². The Hall–Kier alpha value is -3.11. The van der Waals surface area contributed by atoms with Crippen LogP contribution in [0.1, 0.15) is 5.69 Å². The lowest BCUT2D eigenvalue weighted by Crippen LogP contribution is -2.46. The molecule has 1 fully saturated rings. The van der Waals surface area contributed by atoms with Crippen molar-refractivity contribution in [3.8, 4) is 11.5 Å². The Balaban J connectivity index is 1.27. The van der Waals surface area contributed by atoms with E-state index < -0.39 is 0 Å². The molecular formula is C24H23N3O. The summed E-state index contributed by atoms with van der Waals surface area (Å²) in [7, 11) is 0. The molecular weight excluding hydrogens is 346 g/mol. The maximum Gasteiger partial charge on any atom is 0.226 e. The third kappa shape index (κ3) is 3.39. The van der Waals surface area contributed by atoms with Gasteiger partial charge >= 0.3 is 0 Å². The molecule has 1 aromatic heterocycles. The normalized spacial score (nSPS) is 15.2. The summed E-state index contributed by atoms with van der Waals surface area (Å²) < 4.78 is 5.84. The zero-order valence-corrected chi connectivity index (χ0v) is 15.8. The second kappa shape index (κ2) is 7.49. The monoisotopic (exact) mass is 369 g/mol. The highest BCUT2D eigenvalue weighted by atomic mass is 16.3. The quantitative estimate of drug-likeness (QED) is 0.516. The minimum atomic E-state index is 0.703. The van der Waals surface area contributed by atoms with Gasteiger partial charge in [-0.2, -0.15) is 0 Å². The molecule has 4 heteroatoms. The number of piperazine rings is 1. The van der Waals surface area contributed by atoms with E-state index in [-0.39, 0.29) is 0 Å². The molecule has 0 amide bonds. The van der Waals surface area contributed by atoms with E-state index >= 15 is 0 Å². The minimum Gasteiger partial charge on any atom is -0.444 e. The van der Waals surface area contributed by atoms with Gasteiger partial charge in [0.25, 0.3) is 0 Å². The summed E-state index contributed by atoms with van der Waals surface area (Å²) in [5.41, 5.74) is 3.36. The van der Waals surface area contributed by atoms with Gasteiger partial charge in [-0.25, -0.2) is 4.98 Å². The van der Waals surface area contributed by atoms with Gasteiger partial charge < -0.3 is 9.32 Å². The molecule has 1 saturated heterocycles. The molecule has 1 aliphatic heterocycles. The van der Waals surface area contributed by atoms with Crippen LogP contribution in [0.4, 0.5) is 5.69 Å². The van der Waals surface area contributed by atoms with E-state index in [1.54, 1.807) is 6.26 Å². The van der Waals surface area contributed by atoms with Crippen LogP contribution in [0.15, 0.2) is 83.5 Å². The van der Waals surface area contributed by atoms with Gasteiger partial charge in [0.1, 0.15) is 6.26 Å². The van der Waals surface area contributed by atoms with Gasteiger partial charge in [-0.15, -0.1) is 0 Å². The Morgan fingerprint density at radius 2 is 1.54 bits per heavy atom. The maximum absolute atomic E-state index is 5.84. The summed E-state index contributed by atoms with van der Waals surface area (Å²) in [5, 5.41) is 2.38. The molecule has 0 radical (unpaired) electrons. The van der Waals surface area contributed by atoms with Gasteiger partial charge in [0.15, 0.2) is 0 Å². The highest BCUT2D eigenvalue weighted by Crippen LogP contribution is 2.28. The van der Waals surface area contributed by atoms with Gasteiger partial charge in [0.2, 0.25) is 5.89 Å². The van der Waals surface area contributed by atoms with Crippen molar-refractivity contribution in [1.29, 1.82) is 0 Å². The molecule has 3 aromatic carbocycles. The van der Waals surface area contributed by atoms with Crippen molar-refractivity contribution in [3.05, 3.63) is 84.8 Å². The lowest BCUT2D eigenvalue weighted by Gasteiger charge is -2.35. The molecule has 0 spiro atoms. The molecule has 0 N–H and O–H groups in total. The predicted molar refractivity (Wildman–Crippen MR) is 113 cm³/mol. The third-order valence-electron chi connectivity index (χ3n) is 5.45. The molecule has 0 bridgehead atoms. The molecule has 0 aliphatic carbocycles. The summed E-state index contributed by atoms with van der Waals surface area (Å²) in [6, 6.07) is 25.3. The smallest absolute Gasteiger partial charge is 0.226 e. The first-order chi connectivity index (χ1) is 13.9. The molecule has 1 aliphatic rings. The summed E-state index contributed by atoms with van der Waals surface area (Å²) in [4.78, 5) is 9.67. The topological polar surface area (TPSA) is 32.5 Å². The number of benzene rings is 3. The number of hydrogen-bond acceptors (Lipinski definition) is 4. The molecule has 0 atom stereocenters. The highest BCUT2D eigenvalue weighted by Gasteiger charge is 2.19. The summed E-state index contributed by atoms with van der Waals surface area (Å²) in [5.74, 6) is 0.703. The van der Waals surface area contributed by atoms with Crippen LogP contribution in [-0.2, 0) is 6.54 Å². The summed E-state index contributed by atoms with van der Waals surface area (Å²) >= 11 is 0. The summed E-state index contributed by atoms with van der Waals surface area (Å²) in [6.07, 6.45) is 1.81. The molecule has 28 heavy (non-hydrogen) atoms. The van der Waals surface area contributed by atoms with Crippen molar-refractivity contribution in [1.82, 2.24) is 9.88 Å². The van der Waals surface area contributed by atoms with E-state index in [1.807, 2.05) is 0 Å². The van der Waals surface area contributed by atoms with E-state index in [4.69, 9.17) is 9.40 Å². The van der Waals surface area contributed by atoms with Crippen LogP contribution in [0, 0.1) is 0 Å². The molecule has 4 nitrogen and oxygen atoms in total. The number of hydrogen-bond donors (Lipinski definition) is 0. The van der Waals surface area contributed by atoms with Gasteiger partial charge in [0, 0.05) is 44.0 Å². The number of nitrogens with zero attached hydrogens (tertiary/aromatic N) is 3. The Labute approximate surface area is 165 Å². The Morgan fingerprint density at radius 3 is 2.39 bits per heavy atom. The fourth-order valence-electron chi connectivity index (χ4n) is 3.95. The highest BCUT2D eigenvalue weighted by molar-refractivity contribution is 5.94. The van der Waals surface area contributed by atoms with E-state index in [0.29, 0.717) is 5.89 Å². The van der Waals surface area contributed by atoms with E-state index in [0.717, 1.165) is 44.0 Å². The number of aromatic nitrogens is 1. The average molecular weight is 369 g/mol. The van der Waals surface area contributed by atoms with E-state index in [2.05, 4.69) is 82.6 Å². The fourth-order valence-corrected chi connectivity index (χ4v) is 3.95. The van der Waals surface area contributed by atoms with Crippen molar-refractivity contribution in [2.24, 2.45) is 0 Å². The molecule has 0 saturated carbocycles. The molecule has 5 rings (SSSR count). The van der Waals surface area contributed by atoms with Gasteiger partial charge in [-0.05, 0) is 29.0 Å². The molecule has 0 unspecified atom stereocenters. The van der Waals surface area contributed by atoms with Crippen molar-refractivity contribution < 1.29 is 4.42 Å². The van der Waals surface area contributed by atoms with E-state index in [9.17, 15) is 0 Å². The lowest BCUT2D eigenvalue weighted by atomic mass is 10.0. The average Bonchev–Trinajstić information content (AvgIpc) is 3.23. The van der Waals surface area contributed by atoms with Crippen molar-refractivity contribution in [3.63, 3.8) is 0 Å². The third-order valence-corrected chi connectivity index (χ3v) is 5.45. The van der Waals surface area contributed by atoms with Crippen molar-refractivity contribution >= 4 is 16.5 Å². The Bertz CT molecular complexity index is 1060. The Morgan fingerprint density at radius 1 is 0.786 bits per heavy atom. The zero-order chi connectivity index (χ0) is 18.8. The lowest BCUT2D eigenvalue weighted by molar-refractivity contribution is 0.247. The molecule has 2 heterocycles. The fraction of sp³-hybridized carbons (Fsp3) is 0.208. The van der Waals surface area contributed by atoms with Crippen LogP contribution in [0.2, 0.25) is 0 Å². The van der Waals surface area contributed by atoms with Crippen LogP contribution in [0.3, 0.4) is 0 Å². The van der Waals surface area contributed by atoms with Crippen molar-refractivity contribution in [2.75, 3.05) is 31.1 Å². The number of oxazole rings is 1. The Kier molecular flexibility index (Phi) is 4.55. The van der Waals surface area contributed by atoms with Crippen LogP contribution < -0.4 is 4.90 Å². The van der Waals surface area contributed by atoms with Gasteiger partial charge in [-0.1, -0.05) is 54.6 Å². The first-order valence-corrected chi connectivity index (χ1v) is 9.82. The van der Waals surface area contributed by atoms with Crippen LogP contribution in [-0.4, -0.2) is 36.1 Å². The maximum atomic E-state index is 5.84. The van der Waals surface area contributed by atoms with Gasteiger partial charge in [-0.3, -0.25) is 4.90 Å². The van der Waals surface area contributed by atoms with Crippen LogP contribution >= 0.6 is 0 Å². The first kappa shape index (κ1) is 17.0. The molecule has 4 aromatic rings. The second-order valence-corrected chi connectivity index (χ2v) is 7.27. The van der Waals surface area contributed by atoms with Crippen molar-refractivity contribution in [2.45, 2.75) is 6.54 Å². The second-order valence-electron chi connectivity index (χ2n) is 7.27. The standard InChI is InChI=1S/C24H23N3O/c1-2-9-21(10-3-1)27-15-13-26(14-16-27)17-20-18-28-24(25-20)23-12-6-8-19-7-4-5-11-22(19)23/h1-12,18H,13-17H2. The molecule has 140 valence electrons. The predicted octanol–water partition coefficient (Wildman–Crippen LogP) is 4.82. The first-order valence-electron chi connectivity index (χ1n) is 9.82. The minimum absolute atomic E-state index is 0.703. The number of para-hydroxylation sites is 1. The number of anilines is 1. The zero-order valence-electron chi connectivity index (χ0n) is 15.8. The largest absolute Gasteiger partial charge is 0.444 e. The SMILES string of the molecule is c1ccc(N2CCN(Cc3coc(-c4cccc5ccccc45)n3)CC2)cc1. The summed E-state index contributed by atoms with van der Waals surface area (Å²) in [6.45, 7) is 4.98. The van der Waals surface area contributed by atoms with Gasteiger partial charge in [0.05, 0.1) is 5.69 Å². The van der Waals surface area contributed by atoms with E-state index in [1.165, 1.54) is 16.5 Å². The van der Waals surface area contributed by atoms with Crippen LogP contribution in [0.25, 0.3) is 22.2 Å².